The average Bonchev–Trinajstić information content (AvgIpc) is 2.87. The molecule has 0 amide bonds. The van der Waals surface area contributed by atoms with E-state index in [1.165, 1.54) is 11.1 Å². The van der Waals surface area contributed by atoms with Crippen LogP contribution in [0, 0.1) is 0 Å². The SMILES string of the molecule is CNCc1nnnn1C1CCc2ccccc2C1. The Morgan fingerprint density at radius 1 is 1.33 bits per heavy atom. The van der Waals surface area contributed by atoms with Crippen LogP contribution >= 0.6 is 0 Å². The highest BCUT2D eigenvalue weighted by molar-refractivity contribution is 5.30. The van der Waals surface area contributed by atoms with Crippen LogP contribution in [0.25, 0.3) is 0 Å². The Bertz CT molecular complexity index is 534. The Hall–Kier alpha value is -1.75. The summed E-state index contributed by atoms with van der Waals surface area (Å²) in [6, 6.07) is 9.04. The van der Waals surface area contributed by atoms with Gasteiger partial charge in [0.05, 0.1) is 12.6 Å². The lowest BCUT2D eigenvalue weighted by Gasteiger charge is -2.25. The molecule has 0 spiro atoms. The number of rotatable bonds is 3. The summed E-state index contributed by atoms with van der Waals surface area (Å²) >= 11 is 0. The first-order chi connectivity index (χ1) is 8.88. The minimum Gasteiger partial charge on any atom is -0.313 e. The van der Waals surface area contributed by atoms with Crippen LogP contribution in [-0.2, 0) is 19.4 Å². The molecule has 1 aromatic heterocycles. The van der Waals surface area contributed by atoms with E-state index in [0.717, 1.165) is 25.1 Å². The van der Waals surface area contributed by atoms with E-state index in [9.17, 15) is 0 Å². The summed E-state index contributed by atoms with van der Waals surface area (Å²) < 4.78 is 1.98. The third-order valence-electron chi connectivity index (χ3n) is 3.56. The van der Waals surface area contributed by atoms with Gasteiger partial charge in [-0.25, -0.2) is 4.68 Å². The normalized spacial score (nSPS) is 18.6. The molecule has 1 aromatic carbocycles. The van der Waals surface area contributed by atoms with Crippen molar-refractivity contribution in [2.75, 3.05) is 7.05 Å². The quantitative estimate of drug-likeness (QED) is 0.877. The van der Waals surface area contributed by atoms with Gasteiger partial charge in [-0.15, -0.1) is 5.10 Å². The van der Waals surface area contributed by atoms with Gasteiger partial charge in [-0.1, -0.05) is 24.3 Å². The first-order valence-corrected chi connectivity index (χ1v) is 6.36. The van der Waals surface area contributed by atoms with E-state index < -0.39 is 0 Å². The zero-order valence-electron chi connectivity index (χ0n) is 10.5. The third-order valence-corrected chi connectivity index (χ3v) is 3.56. The number of benzene rings is 1. The summed E-state index contributed by atoms with van der Waals surface area (Å²) in [7, 11) is 1.91. The fraction of sp³-hybridized carbons (Fsp3) is 0.462. The highest BCUT2D eigenvalue weighted by Crippen LogP contribution is 2.28. The fourth-order valence-electron chi connectivity index (χ4n) is 2.66. The van der Waals surface area contributed by atoms with Crippen molar-refractivity contribution < 1.29 is 0 Å². The van der Waals surface area contributed by atoms with Crippen LogP contribution in [0.3, 0.4) is 0 Å². The third kappa shape index (κ3) is 2.01. The molecule has 0 bridgehead atoms. The average molecular weight is 243 g/mol. The van der Waals surface area contributed by atoms with Crippen molar-refractivity contribution in [3.63, 3.8) is 0 Å². The molecule has 2 aromatic rings. The molecule has 5 nitrogen and oxygen atoms in total. The predicted octanol–water partition coefficient (Wildman–Crippen LogP) is 1.12. The van der Waals surface area contributed by atoms with Crippen LogP contribution in [0.4, 0.5) is 0 Å². The summed E-state index contributed by atoms with van der Waals surface area (Å²) in [6.45, 7) is 0.713. The molecule has 1 atom stereocenters. The lowest BCUT2D eigenvalue weighted by molar-refractivity contribution is 0.382. The summed E-state index contributed by atoms with van der Waals surface area (Å²) in [4.78, 5) is 0. The first-order valence-electron chi connectivity index (χ1n) is 6.36. The topological polar surface area (TPSA) is 55.6 Å². The van der Waals surface area contributed by atoms with Crippen LogP contribution in [0.2, 0.25) is 0 Å². The van der Waals surface area contributed by atoms with Gasteiger partial charge in [0.25, 0.3) is 0 Å². The lowest BCUT2D eigenvalue weighted by Crippen LogP contribution is -2.23. The van der Waals surface area contributed by atoms with Crippen molar-refractivity contribution in [2.24, 2.45) is 0 Å². The number of nitrogens with zero attached hydrogens (tertiary/aromatic N) is 4. The molecule has 1 aliphatic carbocycles. The van der Waals surface area contributed by atoms with Gasteiger partial charge >= 0.3 is 0 Å². The second-order valence-electron chi connectivity index (χ2n) is 4.74. The zero-order chi connectivity index (χ0) is 12.4. The number of aryl methyl sites for hydroxylation is 1. The highest BCUT2D eigenvalue weighted by Gasteiger charge is 2.22. The Labute approximate surface area is 106 Å². The van der Waals surface area contributed by atoms with Crippen LogP contribution in [0.15, 0.2) is 24.3 Å². The van der Waals surface area contributed by atoms with Gasteiger partial charge in [0, 0.05) is 0 Å². The van der Waals surface area contributed by atoms with Crippen LogP contribution in [0.1, 0.15) is 29.4 Å². The van der Waals surface area contributed by atoms with E-state index >= 15 is 0 Å². The second-order valence-corrected chi connectivity index (χ2v) is 4.74. The number of aromatic nitrogens is 4. The molecule has 94 valence electrons. The molecule has 1 N–H and O–H groups in total. The Balaban J connectivity index is 1.85. The van der Waals surface area contributed by atoms with E-state index in [1.54, 1.807) is 0 Å². The molecular formula is C13H17N5. The number of nitrogens with one attached hydrogen (secondary N) is 1. The molecule has 3 rings (SSSR count). The maximum absolute atomic E-state index is 4.15. The number of hydrogen-bond acceptors (Lipinski definition) is 4. The highest BCUT2D eigenvalue weighted by atomic mass is 15.6. The molecule has 1 heterocycles. The monoisotopic (exact) mass is 243 g/mol. The molecule has 0 fully saturated rings. The van der Waals surface area contributed by atoms with Crippen molar-refractivity contribution in [1.29, 1.82) is 0 Å². The molecule has 0 radical (unpaired) electrons. The van der Waals surface area contributed by atoms with Gasteiger partial charge in [-0.3, -0.25) is 0 Å². The van der Waals surface area contributed by atoms with E-state index in [2.05, 4.69) is 45.1 Å². The maximum atomic E-state index is 4.15. The largest absolute Gasteiger partial charge is 0.313 e. The van der Waals surface area contributed by atoms with Crippen molar-refractivity contribution in [3.8, 4) is 0 Å². The summed E-state index contributed by atoms with van der Waals surface area (Å²) in [6.07, 6.45) is 3.25. The van der Waals surface area contributed by atoms with Gasteiger partial charge in [0.15, 0.2) is 5.82 Å². The molecule has 0 saturated heterocycles. The van der Waals surface area contributed by atoms with Gasteiger partial charge in [0.1, 0.15) is 0 Å². The number of fused-ring (bicyclic) bond motifs is 1. The van der Waals surface area contributed by atoms with Gasteiger partial charge < -0.3 is 5.32 Å². The zero-order valence-corrected chi connectivity index (χ0v) is 10.5. The van der Waals surface area contributed by atoms with Crippen LogP contribution < -0.4 is 5.32 Å². The van der Waals surface area contributed by atoms with E-state index in [0.29, 0.717) is 12.6 Å². The first kappa shape index (κ1) is 11.3. The second kappa shape index (κ2) is 4.86. The van der Waals surface area contributed by atoms with Crippen LogP contribution in [0.5, 0.6) is 0 Å². The molecule has 1 aliphatic rings. The minimum absolute atomic E-state index is 0.387. The van der Waals surface area contributed by atoms with Crippen molar-refractivity contribution in [2.45, 2.75) is 31.8 Å². The Kier molecular flexibility index (Phi) is 3.06. The molecular weight excluding hydrogens is 226 g/mol. The van der Waals surface area contributed by atoms with Crippen molar-refractivity contribution in [1.82, 2.24) is 25.5 Å². The molecule has 1 unspecified atom stereocenters. The summed E-state index contributed by atoms with van der Waals surface area (Å²) in [5.41, 5.74) is 2.90. The standard InChI is InChI=1S/C13H17N5/c1-14-9-13-15-16-17-18(13)12-7-6-10-4-2-3-5-11(10)8-12/h2-5,12,14H,6-9H2,1H3. The predicted molar refractivity (Wildman–Crippen MR) is 68.1 cm³/mol. The van der Waals surface area contributed by atoms with E-state index in [-0.39, 0.29) is 0 Å². The van der Waals surface area contributed by atoms with E-state index in [1.807, 2.05) is 11.7 Å². The van der Waals surface area contributed by atoms with Crippen LogP contribution in [-0.4, -0.2) is 27.3 Å². The number of tetrazole rings is 1. The number of hydrogen-bond donors (Lipinski definition) is 1. The fourth-order valence-corrected chi connectivity index (χ4v) is 2.66. The van der Waals surface area contributed by atoms with Crippen molar-refractivity contribution in [3.05, 3.63) is 41.2 Å². The van der Waals surface area contributed by atoms with Gasteiger partial charge in [-0.2, -0.15) is 0 Å². The van der Waals surface area contributed by atoms with E-state index in [4.69, 9.17) is 0 Å². The van der Waals surface area contributed by atoms with Crippen molar-refractivity contribution >= 4 is 0 Å². The molecule has 0 aliphatic heterocycles. The Morgan fingerprint density at radius 3 is 3.00 bits per heavy atom. The molecule has 18 heavy (non-hydrogen) atoms. The van der Waals surface area contributed by atoms with Gasteiger partial charge in [-0.05, 0) is 47.9 Å². The summed E-state index contributed by atoms with van der Waals surface area (Å²) in [5, 5.41) is 15.1. The lowest BCUT2D eigenvalue weighted by atomic mass is 9.88. The minimum atomic E-state index is 0.387. The molecule has 0 saturated carbocycles. The Morgan fingerprint density at radius 2 is 2.17 bits per heavy atom. The maximum Gasteiger partial charge on any atom is 0.165 e. The summed E-state index contributed by atoms with van der Waals surface area (Å²) in [5.74, 6) is 0.918. The molecule has 5 heteroatoms. The smallest absolute Gasteiger partial charge is 0.165 e. The van der Waals surface area contributed by atoms with Gasteiger partial charge in [0.2, 0.25) is 0 Å².